The second kappa shape index (κ2) is 7.55. The molecule has 5 heteroatoms. The van der Waals surface area contributed by atoms with Crippen molar-refractivity contribution in [3.63, 3.8) is 0 Å². The van der Waals surface area contributed by atoms with Crippen LogP contribution in [-0.2, 0) is 6.42 Å². The quantitative estimate of drug-likeness (QED) is 0.779. The lowest BCUT2D eigenvalue weighted by Gasteiger charge is -1.99. The fraction of sp³-hybridized carbons (Fsp3) is 0.467. The van der Waals surface area contributed by atoms with Crippen molar-refractivity contribution < 1.29 is 4.52 Å². The van der Waals surface area contributed by atoms with E-state index in [-0.39, 0.29) is 0 Å². The third-order valence-corrected chi connectivity index (χ3v) is 3.83. The predicted octanol–water partition coefficient (Wildman–Crippen LogP) is 3.87. The van der Waals surface area contributed by atoms with Gasteiger partial charge in [-0.25, -0.2) is 0 Å². The van der Waals surface area contributed by atoms with Crippen molar-refractivity contribution in [2.24, 2.45) is 5.73 Å². The van der Waals surface area contributed by atoms with Crippen molar-refractivity contribution in [3.05, 3.63) is 34.1 Å². The number of benzene rings is 1. The van der Waals surface area contributed by atoms with Gasteiger partial charge in [-0.2, -0.15) is 4.98 Å². The average Bonchev–Trinajstić information content (AvgIpc) is 2.87. The van der Waals surface area contributed by atoms with Gasteiger partial charge in [0.2, 0.25) is 11.7 Å². The summed E-state index contributed by atoms with van der Waals surface area (Å²) in [5.41, 5.74) is 7.63. The van der Waals surface area contributed by atoms with Crippen LogP contribution in [0.25, 0.3) is 11.4 Å². The molecule has 0 saturated carbocycles. The fourth-order valence-electron chi connectivity index (χ4n) is 2.04. The van der Waals surface area contributed by atoms with Crippen molar-refractivity contribution in [1.82, 2.24) is 10.1 Å². The Kier molecular flexibility index (Phi) is 5.73. The molecule has 108 valence electrons. The highest BCUT2D eigenvalue weighted by Gasteiger charge is 2.11. The van der Waals surface area contributed by atoms with Gasteiger partial charge in [-0.05, 0) is 44.0 Å². The van der Waals surface area contributed by atoms with Crippen molar-refractivity contribution in [3.8, 4) is 11.4 Å². The number of unbranched alkanes of at least 4 members (excludes halogenated alkanes) is 3. The molecule has 4 nitrogen and oxygen atoms in total. The molecule has 20 heavy (non-hydrogen) atoms. The first kappa shape index (κ1) is 15.2. The molecule has 2 aromatic rings. The standard InChI is InChI=1S/C15H20BrN3O/c1-11-7-8-12(13(16)10-11)15-18-14(20-19-15)6-4-2-3-5-9-17/h7-8,10H,2-6,9,17H2,1H3. The molecule has 0 aliphatic rings. The second-order valence-corrected chi connectivity index (χ2v) is 5.80. The van der Waals surface area contributed by atoms with Crippen LogP contribution in [0.5, 0.6) is 0 Å². The molecule has 0 saturated heterocycles. The molecule has 0 bridgehead atoms. The van der Waals surface area contributed by atoms with E-state index in [1.54, 1.807) is 0 Å². The van der Waals surface area contributed by atoms with Crippen molar-refractivity contribution in [1.29, 1.82) is 0 Å². The van der Waals surface area contributed by atoms with Crippen LogP contribution >= 0.6 is 15.9 Å². The van der Waals surface area contributed by atoms with Gasteiger partial charge in [0.25, 0.3) is 0 Å². The van der Waals surface area contributed by atoms with Crippen LogP contribution in [0.1, 0.15) is 37.1 Å². The van der Waals surface area contributed by atoms with Gasteiger partial charge in [0.1, 0.15) is 0 Å². The van der Waals surface area contributed by atoms with Gasteiger partial charge < -0.3 is 10.3 Å². The summed E-state index contributed by atoms with van der Waals surface area (Å²) in [6, 6.07) is 6.11. The molecule has 0 atom stereocenters. The summed E-state index contributed by atoms with van der Waals surface area (Å²) in [6.45, 7) is 2.82. The zero-order valence-electron chi connectivity index (χ0n) is 11.7. The Hall–Kier alpha value is -1.20. The molecule has 0 aliphatic heterocycles. The number of halogens is 1. The van der Waals surface area contributed by atoms with Crippen LogP contribution < -0.4 is 5.73 Å². The molecule has 1 heterocycles. The Bertz CT molecular complexity index is 554. The molecular formula is C15H20BrN3O. The van der Waals surface area contributed by atoms with Crippen LogP contribution in [0.2, 0.25) is 0 Å². The van der Waals surface area contributed by atoms with E-state index in [4.69, 9.17) is 10.3 Å². The van der Waals surface area contributed by atoms with Crippen LogP contribution in [0.3, 0.4) is 0 Å². The summed E-state index contributed by atoms with van der Waals surface area (Å²) < 4.78 is 6.30. The van der Waals surface area contributed by atoms with Crippen molar-refractivity contribution in [2.75, 3.05) is 6.54 Å². The summed E-state index contributed by atoms with van der Waals surface area (Å²) in [5.74, 6) is 1.36. The third kappa shape index (κ3) is 4.15. The number of nitrogens with zero attached hydrogens (tertiary/aromatic N) is 2. The molecule has 1 aromatic heterocycles. The molecule has 0 spiro atoms. The minimum Gasteiger partial charge on any atom is -0.339 e. The summed E-state index contributed by atoms with van der Waals surface area (Å²) in [4.78, 5) is 4.46. The first-order chi connectivity index (χ1) is 9.70. The predicted molar refractivity (Wildman–Crippen MR) is 83.4 cm³/mol. The monoisotopic (exact) mass is 337 g/mol. The van der Waals surface area contributed by atoms with Gasteiger partial charge in [-0.15, -0.1) is 0 Å². The maximum atomic E-state index is 5.47. The lowest BCUT2D eigenvalue weighted by atomic mass is 10.1. The van der Waals surface area contributed by atoms with Gasteiger partial charge in [-0.3, -0.25) is 0 Å². The molecule has 0 unspecified atom stereocenters. The second-order valence-electron chi connectivity index (χ2n) is 4.95. The average molecular weight is 338 g/mol. The van der Waals surface area contributed by atoms with E-state index in [1.165, 1.54) is 12.0 Å². The number of hydrogen-bond donors (Lipinski definition) is 1. The zero-order chi connectivity index (χ0) is 14.4. The summed E-state index contributed by atoms with van der Waals surface area (Å²) >= 11 is 3.54. The molecule has 2 rings (SSSR count). The highest BCUT2D eigenvalue weighted by atomic mass is 79.9. The van der Waals surface area contributed by atoms with Gasteiger partial charge in [0.15, 0.2) is 0 Å². The SMILES string of the molecule is Cc1ccc(-c2noc(CCCCCCN)n2)c(Br)c1. The van der Waals surface area contributed by atoms with E-state index in [2.05, 4.69) is 39.1 Å². The van der Waals surface area contributed by atoms with Crippen molar-refractivity contribution in [2.45, 2.75) is 39.0 Å². The number of aromatic nitrogens is 2. The van der Waals surface area contributed by atoms with E-state index < -0.39 is 0 Å². The van der Waals surface area contributed by atoms with Gasteiger partial charge >= 0.3 is 0 Å². The van der Waals surface area contributed by atoms with E-state index >= 15 is 0 Å². The number of hydrogen-bond acceptors (Lipinski definition) is 4. The normalized spacial score (nSPS) is 10.9. The lowest BCUT2D eigenvalue weighted by Crippen LogP contribution is -1.97. The summed E-state index contributed by atoms with van der Waals surface area (Å²) in [6.07, 6.45) is 5.31. The topological polar surface area (TPSA) is 64.9 Å². The number of aryl methyl sites for hydroxylation is 2. The first-order valence-corrected chi connectivity index (χ1v) is 7.79. The van der Waals surface area contributed by atoms with Crippen LogP contribution in [0.4, 0.5) is 0 Å². The molecule has 1 aromatic carbocycles. The van der Waals surface area contributed by atoms with Crippen LogP contribution in [0, 0.1) is 6.92 Å². The Morgan fingerprint density at radius 3 is 2.75 bits per heavy atom. The summed E-state index contributed by atoms with van der Waals surface area (Å²) in [5, 5.41) is 4.06. The summed E-state index contributed by atoms with van der Waals surface area (Å²) in [7, 11) is 0. The third-order valence-electron chi connectivity index (χ3n) is 3.18. The highest BCUT2D eigenvalue weighted by Crippen LogP contribution is 2.27. The largest absolute Gasteiger partial charge is 0.339 e. The molecule has 2 N–H and O–H groups in total. The van der Waals surface area contributed by atoms with Gasteiger partial charge in [0, 0.05) is 16.5 Å². The smallest absolute Gasteiger partial charge is 0.226 e. The zero-order valence-corrected chi connectivity index (χ0v) is 13.3. The molecule has 0 aliphatic carbocycles. The van der Waals surface area contributed by atoms with Crippen molar-refractivity contribution >= 4 is 15.9 Å². The minimum atomic E-state index is 0.647. The maximum absolute atomic E-state index is 5.47. The molecular weight excluding hydrogens is 318 g/mol. The molecule has 0 radical (unpaired) electrons. The van der Waals surface area contributed by atoms with E-state index in [0.29, 0.717) is 11.7 Å². The Morgan fingerprint density at radius 2 is 2.00 bits per heavy atom. The number of rotatable bonds is 7. The Labute approximate surface area is 127 Å². The molecule has 0 fully saturated rings. The highest BCUT2D eigenvalue weighted by molar-refractivity contribution is 9.10. The maximum Gasteiger partial charge on any atom is 0.226 e. The van der Waals surface area contributed by atoms with Gasteiger partial charge in [0.05, 0.1) is 0 Å². The Morgan fingerprint density at radius 1 is 1.20 bits per heavy atom. The van der Waals surface area contributed by atoms with Crippen LogP contribution in [0.15, 0.2) is 27.2 Å². The minimum absolute atomic E-state index is 0.647. The van der Waals surface area contributed by atoms with E-state index in [0.717, 1.165) is 42.3 Å². The van der Waals surface area contributed by atoms with E-state index in [1.807, 2.05) is 12.1 Å². The lowest BCUT2D eigenvalue weighted by molar-refractivity contribution is 0.374. The van der Waals surface area contributed by atoms with Gasteiger partial charge in [-0.1, -0.05) is 40.0 Å². The fourth-order valence-corrected chi connectivity index (χ4v) is 2.71. The Balaban J connectivity index is 1.95. The van der Waals surface area contributed by atoms with E-state index in [9.17, 15) is 0 Å². The first-order valence-electron chi connectivity index (χ1n) is 7.00. The molecule has 0 amide bonds. The van der Waals surface area contributed by atoms with Crippen LogP contribution in [-0.4, -0.2) is 16.7 Å². The number of nitrogens with two attached hydrogens (primary N) is 1.